The van der Waals surface area contributed by atoms with Crippen LogP contribution in [0.4, 0.5) is 4.79 Å². The predicted molar refractivity (Wildman–Crippen MR) is 219 cm³/mol. The molecular formula is C48H55N3O4. The summed E-state index contributed by atoms with van der Waals surface area (Å²) in [4.78, 5) is 35.8. The highest BCUT2D eigenvalue weighted by Crippen LogP contribution is 2.36. The minimum Gasteiger partial charge on any atom is -0.436 e. The van der Waals surface area contributed by atoms with Gasteiger partial charge in [0.25, 0.3) is 0 Å². The molecule has 0 spiro atoms. The monoisotopic (exact) mass is 737 g/mol. The maximum Gasteiger partial charge on any atom is 0.413 e. The standard InChI is InChI=1S/C48H55N3O4/c1-47(2)37-54-48(3,4)51(47)46(53)55-45(44(52)42-29-18-9-19-30-42)43(50(35-40-25-14-7-15-26-40)36-41-27-16-8-17-28-41)31-20-32-49(33-38-21-10-5-11-22-38)34-39-23-12-6-13-24-39/h5-19,21-30,43,45H,20,31-37H2,1-4H3/t43-,45-/m0/s1. The lowest BCUT2D eigenvalue weighted by Crippen LogP contribution is -2.56. The Labute approximate surface area is 327 Å². The smallest absolute Gasteiger partial charge is 0.413 e. The first kappa shape index (κ1) is 39.6. The molecule has 55 heavy (non-hydrogen) atoms. The maximum atomic E-state index is 14.9. The number of hydrogen-bond acceptors (Lipinski definition) is 6. The van der Waals surface area contributed by atoms with E-state index in [4.69, 9.17) is 9.47 Å². The van der Waals surface area contributed by atoms with Gasteiger partial charge in [0.2, 0.25) is 5.78 Å². The van der Waals surface area contributed by atoms with Crippen LogP contribution in [0.15, 0.2) is 152 Å². The molecule has 2 atom stereocenters. The van der Waals surface area contributed by atoms with Crippen LogP contribution in [0.5, 0.6) is 0 Å². The number of carbonyl (C=O) groups excluding carboxylic acids is 2. The second-order valence-corrected chi connectivity index (χ2v) is 15.7. The molecule has 1 saturated heterocycles. The van der Waals surface area contributed by atoms with Crippen molar-refractivity contribution in [3.8, 4) is 0 Å². The Morgan fingerprint density at radius 1 is 0.636 bits per heavy atom. The summed E-state index contributed by atoms with van der Waals surface area (Å²) in [5.41, 5.74) is 3.70. The highest BCUT2D eigenvalue weighted by atomic mass is 16.6. The summed E-state index contributed by atoms with van der Waals surface area (Å²) < 4.78 is 12.7. The molecule has 0 radical (unpaired) electrons. The number of amides is 1. The summed E-state index contributed by atoms with van der Waals surface area (Å²) in [6, 6.07) is 50.5. The molecule has 1 fully saturated rings. The van der Waals surface area contributed by atoms with Gasteiger partial charge in [-0.1, -0.05) is 152 Å². The average molecular weight is 738 g/mol. The van der Waals surface area contributed by atoms with Crippen LogP contribution in [-0.2, 0) is 35.7 Å². The molecular weight excluding hydrogens is 683 g/mol. The van der Waals surface area contributed by atoms with Gasteiger partial charge in [0.05, 0.1) is 18.2 Å². The van der Waals surface area contributed by atoms with Crippen LogP contribution >= 0.6 is 0 Å². The van der Waals surface area contributed by atoms with Crippen LogP contribution in [0.2, 0.25) is 0 Å². The van der Waals surface area contributed by atoms with Gasteiger partial charge in [-0.3, -0.25) is 19.5 Å². The summed E-state index contributed by atoms with van der Waals surface area (Å²) in [7, 11) is 0. The Morgan fingerprint density at radius 2 is 1.05 bits per heavy atom. The van der Waals surface area contributed by atoms with Crippen molar-refractivity contribution in [1.29, 1.82) is 0 Å². The van der Waals surface area contributed by atoms with Gasteiger partial charge in [-0.2, -0.15) is 0 Å². The number of benzene rings is 5. The second kappa shape index (κ2) is 18.5. The Balaban J connectivity index is 1.38. The molecule has 5 aromatic rings. The molecule has 0 unspecified atom stereocenters. The van der Waals surface area contributed by atoms with Crippen LogP contribution in [0.25, 0.3) is 0 Å². The number of nitrogens with zero attached hydrogens (tertiary/aromatic N) is 3. The number of carbonyl (C=O) groups is 2. The molecule has 286 valence electrons. The summed E-state index contributed by atoms with van der Waals surface area (Å²) in [5.74, 6) is -0.216. The summed E-state index contributed by atoms with van der Waals surface area (Å²) >= 11 is 0. The van der Waals surface area contributed by atoms with Crippen LogP contribution in [0.3, 0.4) is 0 Å². The van der Waals surface area contributed by atoms with E-state index in [1.54, 1.807) is 4.90 Å². The van der Waals surface area contributed by atoms with Crippen molar-refractivity contribution < 1.29 is 19.1 Å². The SMILES string of the molecule is CC1(C)COC(C)(C)N1C(=O)O[C@H](C(=O)c1ccccc1)[C@H](CCCN(Cc1ccccc1)Cc1ccccc1)N(Cc1ccccc1)Cc1ccccc1. The zero-order valence-corrected chi connectivity index (χ0v) is 32.7. The first-order valence-corrected chi connectivity index (χ1v) is 19.5. The molecule has 0 saturated carbocycles. The Bertz CT molecular complexity index is 1820. The largest absolute Gasteiger partial charge is 0.436 e. The molecule has 0 bridgehead atoms. The van der Waals surface area contributed by atoms with Crippen molar-refractivity contribution in [3.63, 3.8) is 0 Å². The summed E-state index contributed by atoms with van der Waals surface area (Å²) in [6.07, 6.45) is -0.267. The van der Waals surface area contributed by atoms with Gasteiger partial charge in [0.1, 0.15) is 5.72 Å². The van der Waals surface area contributed by atoms with Crippen LogP contribution < -0.4 is 0 Å². The zero-order chi connectivity index (χ0) is 38.7. The number of ether oxygens (including phenoxy) is 2. The summed E-state index contributed by atoms with van der Waals surface area (Å²) in [6.45, 7) is 11.6. The third-order valence-corrected chi connectivity index (χ3v) is 10.4. The van der Waals surface area contributed by atoms with E-state index in [2.05, 4.69) is 82.6 Å². The fourth-order valence-electron chi connectivity index (χ4n) is 7.79. The quantitative estimate of drug-likeness (QED) is 0.0886. The van der Waals surface area contributed by atoms with Crippen LogP contribution in [0.1, 0.15) is 73.1 Å². The summed E-state index contributed by atoms with van der Waals surface area (Å²) in [5, 5.41) is 0. The van der Waals surface area contributed by atoms with Gasteiger partial charge in [0, 0.05) is 31.7 Å². The number of Topliss-reactive ketones (excluding diaryl/α,β-unsaturated/α-hetero) is 1. The maximum absolute atomic E-state index is 14.9. The minimum atomic E-state index is -1.09. The molecule has 0 aromatic heterocycles. The Hall–Kier alpha value is -5.08. The van der Waals surface area contributed by atoms with E-state index in [1.807, 2.05) is 107 Å². The van der Waals surface area contributed by atoms with Crippen molar-refractivity contribution in [2.45, 2.75) is 90.1 Å². The molecule has 1 heterocycles. The lowest BCUT2D eigenvalue weighted by atomic mass is 9.94. The van der Waals surface area contributed by atoms with E-state index >= 15 is 0 Å². The molecule has 0 N–H and O–H groups in total. The van der Waals surface area contributed by atoms with Crippen molar-refractivity contribution in [3.05, 3.63) is 179 Å². The molecule has 0 aliphatic carbocycles. The molecule has 6 rings (SSSR count). The van der Waals surface area contributed by atoms with E-state index in [-0.39, 0.29) is 5.78 Å². The highest BCUT2D eigenvalue weighted by Gasteiger charge is 2.51. The van der Waals surface area contributed by atoms with Crippen molar-refractivity contribution in [2.24, 2.45) is 0 Å². The van der Waals surface area contributed by atoms with Gasteiger partial charge in [-0.25, -0.2) is 4.79 Å². The number of hydrogen-bond donors (Lipinski definition) is 0. The van der Waals surface area contributed by atoms with E-state index < -0.39 is 29.5 Å². The van der Waals surface area contributed by atoms with E-state index in [0.29, 0.717) is 31.7 Å². The lowest BCUT2D eigenvalue weighted by Gasteiger charge is -2.40. The highest BCUT2D eigenvalue weighted by molar-refractivity contribution is 6.01. The minimum absolute atomic E-state index is 0.216. The molecule has 7 heteroatoms. The van der Waals surface area contributed by atoms with Crippen molar-refractivity contribution >= 4 is 11.9 Å². The molecule has 1 aliphatic heterocycles. The second-order valence-electron chi connectivity index (χ2n) is 15.7. The topological polar surface area (TPSA) is 62.3 Å². The fraction of sp³-hybridized carbons (Fsp3) is 0.333. The van der Waals surface area contributed by atoms with Gasteiger partial charge in [0.15, 0.2) is 6.10 Å². The Kier molecular flexibility index (Phi) is 13.3. The molecule has 1 aliphatic rings. The number of rotatable bonds is 17. The Morgan fingerprint density at radius 3 is 1.47 bits per heavy atom. The van der Waals surface area contributed by atoms with Gasteiger partial charge in [-0.15, -0.1) is 0 Å². The third-order valence-electron chi connectivity index (χ3n) is 10.4. The van der Waals surface area contributed by atoms with E-state index in [1.165, 1.54) is 11.1 Å². The van der Waals surface area contributed by atoms with Crippen LogP contribution in [0, 0.1) is 0 Å². The van der Waals surface area contributed by atoms with Gasteiger partial charge < -0.3 is 9.47 Å². The predicted octanol–water partition coefficient (Wildman–Crippen LogP) is 9.77. The zero-order valence-electron chi connectivity index (χ0n) is 32.7. The van der Waals surface area contributed by atoms with Crippen LogP contribution in [-0.4, -0.2) is 63.1 Å². The lowest BCUT2D eigenvalue weighted by molar-refractivity contribution is -0.0641. The van der Waals surface area contributed by atoms with Gasteiger partial charge in [-0.05, 0) is 69.3 Å². The van der Waals surface area contributed by atoms with Crippen molar-refractivity contribution in [1.82, 2.24) is 14.7 Å². The third kappa shape index (κ3) is 10.8. The molecule has 1 amide bonds. The van der Waals surface area contributed by atoms with E-state index in [9.17, 15) is 9.59 Å². The van der Waals surface area contributed by atoms with Gasteiger partial charge >= 0.3 is 6.09 Å². The molecule has 7 nitrogen and oxygen atoms in total. The molecule has 5 aromatic carbocycles. The fourth-order valence-corrected chi connectivity index (χ4v) is 7.79. The first-order valence-electron chi connectivity index (χ1n) is 19.5. The number of ketones is 1. The average Bonchev–Trinajstić information content (AvgIpc) is 3.43. The first-order chi connectivity index (χ1) is 26.6. The van der Waals surface area contributed by atoms with Crippen molar-refractivity contribution in [2.75, 3.05) is 13.2 Å². The van der Waals surface area contributed by atoms with E-state index in [0.717, 1.165) is 37.2 Å². The normalized spacial score (nSPS) is 15.9.